The Bertz CT molecular complexity index is 954. The summed E-state index contributed by atoms with van der Waals surface area (Å²) >= 11 is 8.71. The summed E-state index contributed by atoms with van der Waals surface area (Å²) in [6.07, 6.45) is -0.156. The zero-order valence-electron chi connectivity index (χ0n) is 15.6. The number of nitrogens with one attached hydrogen (secondary N) is 2. The van der Waals surface area contributed by atoms with Gasteiger partial charge in [-0.25, -0.2) is 5.01 Å². The molecule has 7 nitrogen and oxygen atoms in total. The van der Waals surface area contributed by atoms with Crippen LogP contribution in [0, 0.1) is 0 Å². The van der Waals surface area contributed by atoms with Gasteiger partial charge in [0, 0.05) is 22.3 Å². The van der Waals surface area contributed by atoms with Crippen molar-refractivity contribution in [2.45, 2.75) is 19.4 Å². The van der Waals surface area contributed by atoms with Crippen LogP contribution < -0.4 is 10.7 Å². The van der Waals surface area contributed by atoms with Crippen LogP contribution in [0.3, 0.4) is 0 Å². The minimum absolute atomic E-state index is 0.156. The molecule has 2 aromatic carbocycles. The van der Waals surface area contributed by atoms with Crippen molar-refractivity contribution in [2.24, 2.45) is 0 Å². The molecule has 29 heavy (non-hydrogen) atoms. The molecule has 0 bridgehead atoms. The van der Waals surface area contributed by atoms with Crippen molar-refractivity contribution >= 4 is 56.7 Å². The average Bonchev–Trinajstić information content (AvgIpc) is 2.92. The van der Waals surface area contributed by atoms with Crippen molar-refractivity contribution in [2.75, 3.05) is 11.9 Å². The number of amides is 3. The Balaban J connectivity index is 1.76. The molecule has 3 rings (SSSR count). The summed E-state index contributed by atoms with van der Waals surface area (Å²) in [5, 5.41) is 4.23. The highest BCUT2D eigenvalue weighted by atomic mass is 79.9. The van der Waals surface area contributed by atoms with Gasteiger partial charge in [0.05, 0.1) is 6.42 Å². The molecule has 0 aliphatic carbocycles. The number of rotatable bonds is 6. The van der Waals surface area contributed by atoms with E-state index in [2.05, 4.69) is 26.7 Å². The van der Waals surface area contributed by atoms with Gasteiger partial charge in [0.1, 0.15) is 6.04 Å². The zero-order valence-corrected chi connectivity index (χ0v) is 18.0. The van der Waals surface area contributed by atoms with Gasteiger partial charge < -0.3 is 5.32 Å². The third-order valence-electron chi connectivity index (χ3n) is 4.36. The molecule has 1 fully saturated rings. The van der Waals surface area contributed by atoms with Crippen molar-refractivity contribution in [3.63, 3.8) is 0 Å². The normalized spacial score (nSPS) is 16.1. The van der Waals surface area contributed by atoms with Gasteiger partial charge >= 0.3 is 0 Å². The summed E-state index contributed by atoms with van der Waals surface area (Å²) < 4.78 is 0.822. The van der Waals surface area contributed by atoms with Crippen LogP contribution in [0.2, 0.25) is 0 Å². The summed E-state index contributed by atoms with van der Waals surface area (Å²) in [5.74, 6) is -1.09. The maximum Gasteiger partial charge on any atom is 0.269 e. The number of anilines is 1. The Labute approximate surface area is 182 Å². The fourth-order valence-corrected chi connectivity index (χ4v) is 3.75. The van der Waals surface area contributed by atoms with Crippen LogP contribution in [0.4, 0.5) is 5.69 Å². The second-order valence-corrected chi connectivity index (χ2v) is 7.60. The first-order valence-corrected chi connectivity index (χ1v) is 10.2. The van der Waals surface area contributed by atoms with Crippen LogP contribution in [0.15, 0.2) is 59.1 Å². The maximum atomic E-state index is 12.8. The number of likely N-dealkylation sites (N-methyl/N-ethyl adjacent to an activating group) is 1. The SMILES string of the molecule is CCN1C(=O)C(CC(=O)Nc2cccc(Br)c2)N(NC(=O)c2ccccc2)C1=S. The molecule has 1 unspecified atom stereocenters. The number of hydrogen-bond acceptors (Lipinski definition) is 4. The smallest absolute Gasteiger partial charge is 0.269 e. The van der Waals surface area contributed by atoms with Crippen molar-refractivity contribution in [1.82, 2.24) is 15.3 Å². The third-order valence-corrected chi connectivity index (χ3v) is 5.27. The molecule has 1 saturated heterocycles. The van der Waals surface area contributed by atoms with Gasteiger partial charge in [-0.3, -0.25) is 24.7 Å². The van der Waals surface area contributed by atoms with Crippen molar-refractivity contribution in [3.05, 3.63) is 64.6 Å². The van der Waals surface area contributed by atoms with E-state index in [9.17, 15) is 14.4 Å². The monoisotopic (exact) mass is 474 g/mol. The number of hydrogen-bond donors (Lipinski definition) is 2. The Morgan fingerprint density at radius 2 is 1.86 bits per heavy atom. The highest BCUT2D eigenvalue weighted by Gasteiger charge is 2.43. The van der Waals surface area contributed by atoms with E-state index in [1.54, 1.807) is 55.5 Å². The van der Waals surface area contributed by atoms with Crippen LogP contribution >= 0.6 is 28.1 Å². The fourth-order valence-electron chi connectivity index (χ4n) is 2.96. The van der Waals surface area contributed by atoms with Crippen molar-refractivity contribution in [3.8, 4) is 0 Å². The first-order chi connectivity index (χ1) is 13.9. The van der Waals surface area contributed by atoms with Crippen LogP contribution in [0.1, 0.15) is 23.7 Å². The van der Waals surface area contributed by atoms with E-state index >= 15 is 0 Å². The van der Waals surface area contributed by atoms with Gasteiger partial charge in [-0.15, -0.1) is 0 Å². The lowest BCUT2D eigenvalue weighted by atomic mass is 10.2. The van der Waals surface area contributed by atoms with E-state index in [-0.39, 0.29) is 23.3 Å². The number of benzene rings is 2. The molecule has 2 N–H and O–H groups in total. The molecular formula is C20H19BrN4O3S. The number of halogens is 1. The molecule has 1 heterocycles. The molecule has 0 saturated carbocycles. The third kappa shape index (κ3) is 4.80. The maximum absolute atomic E-state index is 12.8. The standard InChI is InChI=1S/C20H19BrN4O3S/c1-2-24-19(28)16(12-17(26)22-15-10-6-9-14(21)11-15)25(20(24)29)23-18(27)13-7-4-3-5-8-13/h3-11,16H,2,12H2,1H3,(H,22,26)(H,23,27). The zero-order chi connectivity index (χ0) is 21.0. The van der Waals surface area contributed by atoms with Crippen LogP contribution in [0.25, 0.3) is 0 Å². The summed E-state index contributed by atoms with van der Waals surface area (Å²) in [4.78, 5) is 39.3. The molecule has 0 spiro atoms. The number of carbonyl (C=O) groups excluding carboxylic acids is 3. The Kier molecular flexibility index (Phi) is 6.60. The van der Waals surface area contributed by atoms with E-state index in [4.69, 9.17) is 12.2 Å². The minimum atomic E-state index is -0.915. The molecule has 0 radical (unpaired) electrons. The first kappa shape index (κ1) is 20.9. The Morgan fingerprint density at radius 3 is 2.52 bits per heavy atom. The molecule has 3 amide bonds. The molecule has 1 aliphatic rings. The first-order valence-electron chi connectivity index (χ1n) is 8.96. The van der Waals surface area contributed by atoms with E-state index in [0.717, 1.165) is 4.47 Å². The van der Waals surface area contributed by atoms with Crippen LogP contribution in [-0.4, -0.2) is 45.3 Å². The molecular weight excluding hydrogens is 456 g/mol. The lowest BCUT2D eigenvalue weighted by Crippen LogP contribution is -2.49. The molecule has 2 aromatic rings. The van der Waals surface area contributed by atoms with Gasteiger partial charge in [-0.05, 0) is 49.5 Å². The number of hydrazine groups is 1. The van der Waals surface area contributed by atoms with Gasteiger partial charge in [-0.2, -0.15) is 0 Å². The lowest BCUT2D eigenvalue weighted by Gasteiger charge is -2.24. The number of thiocarbonyl (C=S) groups is 1. The van der Waals surface area contributed by atoms with Crippen LogP contribution in [-0.2, 0) is 9.59 Å². The molecule has 9 heteroatoms. The summed E-state index contributed by atoms with van der Waals surface area (Å²) in [7, 11) is 0. The predicted molar refractivity (Wildman–Crippen MR) is 117 cm³/mol. The molecule has 150 valence electrons. The topological polar surface area (TPSA) is 81.8 Å². The van der Waals surface area contributed by atoms with Crippen molar-refractivity contribution in [1.29, 1.82) is 0 Å². The highest BCUT2D eigenvalue weighted by molar-refractivity contribution is 9.10. The molecule has 1 atom stereocenters. The summed E-state index contributed by atoms with van der Waals surface area (Å²) in [6.45, 7) is 2.13. The number of carbonyl (C=O) groups is 3. The predicted octanol–water partition coefficient (Wildman–Crippen LogP) is 2.94. The fraction of sp³-hybridized carbons (Fsp3) is 0.200. The Hall–Kier alpha value is -2.78. The Morgan fingerprint density at radius 1 is 1.14 bits per heavy atom. The molecule has 1 aliphatic heterocycles. The second kappa shape index (κ2) is 9.15. The minimum Gasteiger partial charge on any atom is -0.326 e. The largest absolute Gasteiger partial charge is 0.326 e. The quantitative estimate of drug-likeness (QED) is 0.628. The highest BCUT2D eigenvalue weighted by Crippen LogP contribution is 2.21. The van der Waals surface area contributed by atoms with Gasteiger partial charge in [0.2, 0.25) is 5.91 Å². The second-order valence-electron chi connectivity index (χ2n) is 6.32. The lowest BCUT2D eigenvalue weighted by molar-refractivity contribution is -0.130. The molecule has 0 aromatic heterocycles. The van der Waals surface area contributed by atoms with Gasteiger partial charge in [0.25, 0.3) is 11.8 Å². The summed E-state index contributed by atoms with van der Waals surface area (Å²) in [5.41, 5.74) is 3.70. The van der Waals surface area contributed by atoms with Gasteiger partial charge in [0.15, 0.2) is 5.11 Å². The van der Waals surface area contributed by atoms with E-state index < -0.39 is 11.9 Å². The van der Waals surface area contributed by atoms with E-state index in [1.807, 2.05) is 6.07 Å². The van der Waals surface area contributed by atoms with Crippen LogP contribution in [0.5, 0.6) is 0 Å². The van der Waals surface area contributed by atoms with Gasteiger partial charge in [-0.1, -0.05) is 40.2 Å². The van der Waals surface area contributed by atoms with E-state index in [0.29, 0.717) is 17.8 Å². The van der Waals surface area contributed by atoms with Crippen molar-refractivity contribution < 1.29 is 14.4 Å². The summed E-state index contributed by atoms with van der Waals surface area (Å²) in [6, 6.07) is 14.8. The number of nitrogens with zero attached hydrogens (tertiary/aromatic N) is 2. The van der Waals surface area contributed by atoms with E-state index in [1.165, 1.54) is 9.91 Å². The average molecular weight is 475 g/mol.